The second-order valence-electron chi connectivity index (χ2n) is 7.73. The van der Waals surface area contributed by atoms with Gasteiger partial charge in [-0.15, -0.1) is 0 Å². The molecule has 2 aromatic rings. The first-order chi connectivity index (χ1) is 13.9. The fourth-order valence-electron chi connectivity index (χ4n) is 3.48. The molecule has 4 rings (SSSR count). The lowest BCUT2D eigenvalue weighted by Gasteiger charge is -2.43. The van der Waals surface area contributed by atoms with Gasteiger partial charge in [0.15, 0.2) is 0 Å². The quantitative estimate of drug-likeness (QED) is 0.652. The summed E-state index contributed by atoms with van der Waals surface area (Å²) in [5, 5.41) is 3.80. The molecule has 0 unspecified atom stereocenters. The highest BCUT2D eigenvalue weighted by atomic mass is 35.5. The average Bonchev–Trinajstić information content (AvgIpc) is 3.47. The Morgan fingerprint density at radius 1 is 1.03 bits per heavy atom. The molecule has 29 heavy (non-hydrogen) atoms. The number of hydrogen-bond donors (Lipinski definition) is 2. The van der Waals surface area contributed by atoms with E-state index in [2.05, 4.69) is 10.0 Å². The summed E-state index contributed by atoms with van der Waals surface area (Å²) in [6.45, 7) is 0. The number of carbonyl (C=O) groups is 1. The van der Waals surface area contributed by atoms with E-state index in [0.717, 1.165) is 43.2 Å². The van der Waals surface area contributed by atoms with Crippen molar-refractivity contribution in [3.8, 4) is 0 Å². The van der Waals surface area contributed by atoms with Crippen LogP contribution in [0.15, 0.2) is 59.5 Å². The first-order valence-electron chi connectivity index (χ1n) is 9.75. The van der Waals surface area contributed by atoms with Crippen LogP contribution in [0.3, 0.4) is 0 Å². The lowest BCUT2D eigenvalue weighted by atomic mass is 9.72. The van der Waals surface area contributed by atoms with Crippen LogP contribution in [0.25, 0.3) is 6.08 Å². The third-order valence-corrected chi connectivity index (χ3v) is 7.27. The van der Waals surface area contributed by atoms with E-state index in [-0.39, 0.29) is 22.4 Å². The second-order valence-corrected chi connectivity index (χ2v) is 9.88. The van der Waals surface area contributed by atoms with Gasteiger partial charge in [-0.05, 0) is 73.6 Å². The zero-order valence-electron chi connectivity index (χ0n) is 15.9. The molecule has 2 aliphatic carbocycles. The van der Waals surface area contributed by atoms with Gasteiger partial charge in [-0.3, -0.25) is 4.79 Å². The molecule has 7 heteroatoms. The van der Waals surface area contributed by atoms with E-state index in [4.69, 9.17) is 11.6 Å². The number of carbonyl (C=O) groups excluding carboxylic acids is 1. The predicted octanol–water partition coefficient (Wildman–Crippen LogP) is 3.99. The number of rotatable bonds is 7. The minimum absolute atomic E-state index is 0.0720. The Balaban J connectivity index is 1.40. The highest BCUT2D eigenvalue weighted by Crippen LogP contribution is 2.41. The summed E-state index contributed by atoms with van der Waals surface area (Å²) in [7, 11) is -3.46. The van der Waals surface area contributed by atoms with Crippen LogP contribution in [0.1, 0.15) is 43.2 Å². The topological polar surface area (TPSA) is 75.3 Å². The van der Waals surface area contributed by atoms with E-state index in [1.54, 1.807) is 30.3 Å². The number of hydrogen-bond acceptors (Lipinski definition) is 3. The summed E-state index contributed by atoms with van der Waals surface area (Å²) >= 11 is 5.97. The standard InChI is InChI=1S/C22H23ClN2O3S/c23-18-7-5-17(6-8-18)22(14-1-15-22)24-21(26)13-4-16-2-11-20(12-3-16)29(27,28)25-19-9-10-19/h2-8,11-13,19,25H,1,9-10,14-15H2,(H,24,26)/b13-4+. The molecule has 2 aliphatic rings. The predicted molar refractivity (Wildman–Crippen MR) is 114 cm³/mol. The Labute approximate surface area is 176 Å². The van der Waals surface area contributed by atoms with Gasteiger partial charge in [0.05, 0.1) is 10.4 Å². The van der Waals surface area contributed by atoms with Crippen molar-refractivity contribution in [1.82, 2.24) is 10.0 Å². The van der Waals surface area contributed by atoms with E-state index in [1.165, 1.54) is 6.08 Å². The number of benzene rings is 2. The molecule has 0 aliphatic heterocycles. The van der Waals surface area contributed by atoms with E-state index in [0.29, 0.717) is 5.02 Å². The van der Waals surface area contributed by atoms with Gasteiger partial charge in [0.2, 0.25) is 15.9 Å². The van der Waals surface area contributed by atoms with Crippen LogP contribution < -0.4 is 10.0 Å². The Hall–Kier alpha value is -2.15. The summed E-state index contributed by atoms with van der Waals surface area (Å²) in [5.74, 6) is -0.174. The molecule has 0 heterocycles. The van der Waals surface area contributed by atoms with Crippen molar-refractivity contribution in [2.75, 3.05) is 0 Å². The van der Waals surface area contributed by atoms with Crippen LogP contribution >= 0.6 is 11.6 Å². The zero-order chi connectivity index (χ0) is 20.5. The minimum Gasteiger partial charge on any atom is -0.343 e. The molecule has 5 nitrogen and oxygen atoms in total. The molecule has 152 valence electrons. The summed E-state index contributed by atoms with van der Waals surface area (Å²) in [6.07, 6.45) is 7.83. The first-order valence-corrected chi connectivity index (χ1v) is 11.6. The van der Waals surface area contributed by atoms with Crippen LogP contribution in [0.4, 0.5) is 0 Å². The molecular formula is C22H23ClN2O3S. The molecule has 2 saturated carbocycles. The van der Waals surface area contributed by atoms with Gasteiger partial charge < -0.3 is 5.32 Å². The Morgan fingerprint density at radius 2 is 1.69 bits per heavy atom. The average molecular weight is 431 g/mol. The van der Waals surface area contributed by atoms with Crippen molar-refractivity contribution in [1.29, 1.82) is 0 Å². The maximum atomic E-state index is 12.5. The summed E-state index contributed by atoms with van der Waals surface area (Å²) in [4.78, 5) is 12.7. The largest absolute Gasteiger partial charge is 0.343 e. The van der Waals surface area contributed by atoms with Crippen molar-refractivity contribution in [3.05, 3.63) is 70.8 Å². The van der Waals surface area contributed by atoms with Crippen molar-refractivity contribution in [2.24, 2.45) is 0 Å². The normalized spacial score (nSPS) is 18.4. The fourth-order valence-corrected chi connectivity index (χ4v) is 4.91. The third-order valence-electron chi connectivity index (χ3n) is 5.48. The molecule has 0 radical (unpaired) electrons. The van der Waals surface area contributed by atoms with Crippen molar-refractivity contribution < 1.29 is 13.2 Å². The van der Waals surface area contributed by atoms with Gasteiger partial charge in [-0.1, -0.05) is 35.9 Å². The van der Waals surface area contributed by atoms with E-state index in [1.807, 2.05) is 24.3 Å². The molecule has 2 fully saturated rings. The third kappa shape index (κ3) is 4.71. The molecule has 2 N–H and O–H groups in total. The van der Waals surface area contributed by atoms with Gasteiger partial charge in [0, 0.05) is 17.1 Å². The highest BCUT2D eigenvalue weighted by Gasteiger charge is 2.39. The van der Waals surface area contributed by atoms with Crippen LogP contribution in [0.2, 0.25) is 5.02 Å². The van der Waals surface area contributed by atoms with Crippen molar-refractivity contribution in [3.63, 3.8) is 0 Å². The maximum absolute atomic E-state index is 12.5. The van der Waals surface area contributed by atoms with Gasteiger partial charge in [0.25, 0.3) is 0 Å². The Kier molecular flexibility index (Phi) is 5.51. The number of halogens is 1. The van der Waals surface area contributed by atoms with Crippen molar-refractivity contribution >= 4 is 33.6 Å². The molecular weight excluding hydrogens is 408 g/mol. The van der Waals surface area contributed by atoms with Crippen LogP contribution in [-0.4, -0.2) is 20.4 Å². The minimum atomic E-state index is -3.46. The zero-order valence-corrected chi connectivity index (χ0v) is 17.5. The fraction of sp³-hybridized carbons (Fsp3) is 0.318. The second kappa shape index (κ2) is 7.94. The van der Waals surface area contributed by atoms with Crippen LogP contribution in [-0.2, 0) is 20.4 Å². The van der Waals surface area contributed by atoms with E-state index < -0.39 is 10.0 Å². The first kappa shape index (κ1) is 20.1. The van der Waals surface area contributed by atoms with Gasteiger partial charge >= 0.3 is 0 Å². The van der Waals surface area contributed by atoms with Crippen LogP contribution in [0.5, 0.6) is 0 Å². The number of nitrogens with one attached hydrogen (secondary N) is 2. The molecule has 0 spiro atoms. The lowest BCUT2D eigenvalue weighted by molar-refractivity contribution is -0.119. The van der Waals surface area contributed by atoms with E-state index >= 15 is 0 Å². The lowest BCUT2D eigenvalue weighted by Crippen LogP contribution is -2.50. The smallest absolute Gasteiger partial charge is 0.244 e. The molecule has 0 bridgehead atoms. The number of amides is 1. The van der Waals surface area contributed by atoms with Crippen LogP contribution in [0, 0.1) is 0 Å². The van der Waals surface area contributed by atoms with Crippen molar-refractivity contribution in [2.45, 2.75) is 48.6 Å². The molecule has 2 aromatic carbocycles. The molecule has 0 aromatic heterocycles. The maximum Gasteiger partial charge on any atom is 0.244 e. The molecule has 1 amide bonds. The molecule has 0 saturated heterocycles. The Morgan fingerprint density at radius 3 is 2.24 bits per heavy atom. The Bertz CT molecular complexity index is 1020. The number of sulfonamides is 1. The summed E-state index contributed by atoms with van der Waals surface area (Å²) < 4.78 is 27.1. The van der Waals surface area contributed by atoms with E-state index in [9.17, 15) is 13.2 Å². The highest BCUT2D eigenvalue weighted by molar-refractivity contribution is 7.89. The monoisotopic (exact) mass is 430 g/mol. The van der Waals surface area contributed by atoms with Gasteiger partial charge in [0.1, 0.15) is 0 Å². The van der Waals surface area contributed by atoms with Gasteiger partial charge in [-0.2, -0.15) is 0 Å². The summed E-state index contributed by atoms with van der Waals surface area (Å²) in [6, 6.07) is 14.2. The summed E-state index contributed by atoms with van der Waals surface area (Å²) in [5.41, 5.74) is 1.49. The molecule has 0 atom stereocenters. The SMILES string of the molecule is O=C(/C=C/c1ccc(S(=O)(=O)NC2CC2)cc1)NC1(c2ccc(Cl)cc2)CCC1. The van der Waals surface area contributed by atoms with Gasteiger partial charge in [-0.25, -0.2) is 13.1 Å².